The van der Waals surface area contributed by atoms with Crippen molar-refractivity contribution < 1.29 is 4.74 Å². The second-order valence-electron chi connectivity index (χ2n) is 7.03. The Bertz CT molecular complexity index is 1270. The maximum absolute atomic E-state index is 6.24. The average Bonchev–Trinajstić information content (AvgIpc) is 2.79. The number of hydrogen-bond acceptors (Lipinski definition) is 3. The Morgan fingerprint density at radius 2 is 1.56 bits per heavy atom. The SMILES string of the molecule is Clc1ccc(COc2ccc3ccccc3c2/C=N\NCc2c(Cl)cccc2Cl)cc1Cl. The molecule has 0 heterocycles. The molecule has 1 N–H and O–H groups in total. The van der Waals surface area contributed by atoms with E-state index in [1.54, 1.807) is 30.5 Å². The Labute approximate surface area is 206 Å². The summed E-state index contributed by atoms with van der Waals surface area (Å²) in [4.78, 5) is 0. The molecule has 0 aliphatic rings. The van der Waals surface area contributed by atoms with Gasteiger partial charge >= 0.3 is 0 Å². The first kappa shape index (κ1) is 22.8. The molecule has 4 aromatic carbocycles. The molecule has 0 amide bonds. The normalized spacial score (nSPS) is 11.2. The van der Waals surface area contributed by atoms with Crippen LogP contribution in [0.4, 0.5) is 0 Å². The van der Waals surface area contributed by atoms with E-state index >= 15 is 0 Å². The lowest BCUT2D eigenvalue weighted by molar-refractivity contribution is 0.306. The molecule has 0 fully saturated rings. The van der Waals surface area contributed by atoms with Crippen molar-refractivity contribution in [2.75, 3.05) is 0 Å². The molecule has 0 radical (unpaired) electrons. The standard InChI is InChI=1S/C25H18Cl4N2O/c26-21-6-3-7-22(27)20(21)14-31-30-13-19-18-5-2-1-4-17(18)9-11-25(19)32-15-16-8-10-23(28)24(29)12-16/h1-13,31H,14-15H2/b30-13-. The smallest absolute Gasteiger partial charge is 0.129 e. The zero-order valence-electron chi connectivity index (χ0n) is 16.8. The lowest BCUT2D eigenvalue weighted by Crippen LogP contribution is -2.07. The van der Waals surface area contributed by atoms with Crippen LogP contribution >= 0.6 is 46.4 Å². The van der Waals surface area contributed by atoms with Crippen LogP contribution in [0.3, 0.4) is 0 Å². The summed E-state index contributed by atoms with van der Waals surface area (Å²) in [7, 11) is 0. The molecule has 0 aliphatic heterocycles. The molecule has 7 heteroatoms. The largest absolute Gasteiger partial charge is 0.488 e. The van der Waals surface area contributed by atoms with E-state index in [-0.39, 0.29) is 0 Å². The van der Waals surface area contributed by atoms with Crippen molar-refractivity contribution in [1.82, 2.24) is 5.43 Å². The van der Waals surface area contributed by atoms with Crippen LogP contribution in [0.15, 0.2) is 77.9 Å². The maximum atomic E-state index is 6.24. The Balaban J connectivity index is 1.57. The summed E-state index contributed by atoms with van der Waals surface area (Å²) < 4.78 is 6.12. The van der Waals surface area contributed by atoms with Gasteiger partial charge < -0.3 is 10.2 Å². The van der Waals surface area contributed by atoms with Gasteiger partial charge in [-0.05, 0) is 46.7 Å². The third-order valence-corrected chi connectivity index (χ3v) is 6.36. The number of fused-ring (bicyclic) bond motifs is 1. The molecule has 0 aromatic heterocycles. The minimum atomic E-state index is 0.346. The van der Waals surface area contributed by atoms with Gasteiger partial charge in [-0.2, -0.15) is 5.10 Å². The number of hydrazone groups is 1. The number of halogens is 4. The van der Waals surface area contributed by atoms with Crippen LogP contribution in [0.5, 0.6) is 5.75 Å². The summed E-state index contributed by atoms with van der Waals surface area (Å²) in [5.41, 5.74) is 5.60. The monoisotopic (exact) mass is 502 g/mol. The van der Waals surface area contributed by atoms with E-state index in [2.05, 4.69) is 10.5 Å². The second kappa shape index (κ2) is 10.5. The van der Waals surface area contributed by atoms with Crippen molar-refractivity contribution in [3.05, 3.63) is 110 Å². The minimum Gasteiger partial charge on any atom is -0.488 e. The molecule has 0 bridgehead atoms. The average molecular weight is 504 g/mol. The van der Waals surface area contributed by atoms with Gasteiger partial charge in [0, 0.05) is 21.2 Å². The van der Waals surface area contributed by atoms with E-state index in [1.165, 1.54) is 0 Å². The highest BCUT2D eigenvalue weighted by atomic mass is 35.5. The van der Waals surface area contributed by atoms with Crippen LogP contribution in [0.25, 0.3) is 10.8 Å². The number of rotatable bonds is 7. The van der Waals surface area contributed by atoms with Gasteiger partial charge in [0.05, 0.1) is 22.8 Å². The van der Waals surface area contributed by atoms with Gasteiger partial charge in [-0.3, -0.25) is 0 Å². The van der Waals surface area contributed by atoms with E-state index in [0.29, 0.717) is 39.0 Å². The molecule has 0 atom stereocenters. The van der Waals surface area contributed by atoms with Crippen LogP contribution in [0, 0.1) is 0 Å². The minimum absolute atomic E-state index is 0.346. The van der Waals surface area contributed by atoms with Gasteiger partial charge in [0.2, 0.25) is 0 Å². The van der Waals surface area contributed by atoms with Crippen LogP contribution in [0.2, 0.25) is 20.1 Å². The van der Waals surface area contributed by atoms with Crippen LogP contribution in [-0.2, 0) is 13.2 Å². The van der Waals surface area contributed by atoms with Crippen molar-refractivity contribution in [3.63, 3.8) is 0 Å². The number of nitrogens with one attached hydrogen (secondary N) is 1. The fourth-order valence-corrected chi connectivity index (χ4v) is 4.11. The van der Waals surface area contributed by atoms with E-state index in [1.807, 2.05) is 48.5 Å². The van der Waals surface area contributed by atoms with Gasteiger partial charge in [-0.15, -0.1) is 0 Å². The summed E-state index contributed by atoms with van der Waals surface area (Å²) in [6.45, 7) is 0.748. The van der Waals surface area contributed by atoms with Crippen molar-refractivity contribution in [2.24, 2.45) is 5.10 Å². The molecular weight excluding hydrogens is 486 g/mol. The summed E-state index contributed by atoms with van der Waals surface area (Å²) in [5.74, 6) is 0.705. The predicted octanol–water partition coefficient (Wildman–Crippen LogP) is 8.16. The Kier molecular flexibility index (Phi) is 7.44. The first-order chi connectivity index (χ1) is 15.5. The molecule has 162 valence electrons. The zero-order chi connectivity index (χ0) is 22.5. The first-order valence-electron chi connectivity index (χ1n) is 9.80. The molecule has 4 aromatic rings. The van der Waals surface area contributed by atoms with Gasteiger partial charge in [-0.1, -0.05) is 88.9 Å². The molecule has 32 heavy (non-hydrogen) atoms. The molecule has 3 nitrogen and oxygen atoms in total. The molecule has 4 rings (SSSR count). The predicted molar refractivity (Wildman–Crippen MR) is 136 cm³/mol. The van der Waals surface area contributed by atoms with Crippen molar-refractivity contribution in [1.29, 1.82) is 0 Å². The number of nitrogens with zero attached hydrogens (tertiary/aromatic N) is 1. The lowest BCUT2D eigenvalue weighted by atomic mass is 10.0. The molecule has 0 saturated carbocycles. The number of benzene rings is 4. The van der Waals surface area contributed by atoms with E-state index in [0.717, 1.165) is 27.5 Å². The molecule has 0 spiro atoms. The first-order valence-corrected chi connectivity index (χ1v) is 11.3. The van der Waals surface area contributed by atoms with Crippen molar-refractivity contribution >= 4 is 63.4 Å². The van der Waals surface area contributed by atoms with Crippen molar-refractivity contribution in [2.45, 2.75) is 13.2 Å². The van der Waals surface area contributed by atoms with E-state index < -0.39 is 0 Å². The molecular formula is C25H18Cl4N2O. The van der Waals surface area contributed by atoms with Crippen LogP contribution in [0.1, 0.15) is 16.7 Å². The Hall–Kier alpha value is -2.43. The van der Waals surface area contributed by atoms with E-state index in [9.17, 15) is 0 Å². The highest BCUT2D eigenvalue weighted by Gasteiger charge is 2.09. The zero-order valence-corrected chi connectivity index (χ0v) is 19.8. The molecule has 0 aliphatic carbocycles. The lowest BCUT2D eigenvalue weighted by Gasteiger charge is -2.12. The van der Waals surface area contributed by atoms with Gasteiger partial charge in [-0.25, -0.2) is 0 Å². The summed E-state index contributed by atoms with van der Waals surface area (Å²) in [6, 6.07) is 22.9. The number of hydrogen-bond donors (Lipinski definition) is 1. The van der Waals surface area contributed by atoms with Crippen LogP contribution < -0.4 is 10.2 Å². The number of ether oxygens (including phenoxy) is 1. The maximum Gasteiger partial charge on any atom is 0.129 e. The fourth-order valence-electron chi connectivity index (χ4n) is 3.26. The summed E-state index contributed by atoms with van der Waals surface area (Å²) >= 11 is 24.6. The second-order valence-corrected chi connectivity index (χ2v) is 8.66. The fraction of sp³-hybridized carbons (Fsp3) is 0.0800. The van der Waals surface area contributed by atoms with E-state index in [4.69, 9.17) is 51.1 Å². The molecule has 0 unspecified atom stereocenters. The Morgan fingerprint density at radius 3 is 2.34 bits per heavy atom. The van der Waals surface area contributed by atoms with Gasteiger partial charge in [0.1, 0.15) is 12.4 Å². The summed E-state index contributed by atoms with van der Waals surface area (Å²) in [5, 5.41) is 8.71. The van der Waals surface area contributed by atoms with Gasteiger partial charge in [0.15, 0.2) is 0 Å². The highest BCUT2D eigenvalue weighted by Crippen LogP contribution is 2.29. The van der Waals surface area contributed by atoms with Gasteiger partial charge in [0.25, 0.3) is 0 Å². The highest BCUT2D eigenvalue weighted by molar-refractivity contribution is 6.42. The third kappa shape index (κ3) is 5.31. The van der Waals surface area contributed by atoms with Crippen LogP contribution in [-0.4, -0.2) is 6.21 Å². The topological polar surface area (TPSA) is 33.6 Å². The third-order valence-electron chi connectivity index (χ3n) is 4.91. The van der Waals surface area contributed by atoms with Crippen molar-refractivity contribution in [3.8, 4) is 5.75 Å². The summed E-state index contributed by atoms with van der Waals surface area (Å²) in [6.07, 6.45) is 1.75. The quantitative estimate of drug-likeness (QED) is 0.204. The Morgan fingerprint density at radius 1 is 0.781 bits per heavy atom. The molecule has 0 saturated heterocycles.